The highest BCUT2D eigenvalue weighted by atomic mass is 14.5. The van der Waals surface area contributed by atoms with E-state index in [4.69, 9.17) is 0 Å². The van der Waals surface area contributed by atoms with Gasteiger partial charge in [-0.05, 0) is 108 Å². The molecule has 2 aliphatic rings. The van der Waals surface area contributed by atoms with Gasteiger partial charge in [-0.3, -0.25) is 0 Å². The molecule has 0 heterocycles. The zero-order valence-electron chi connectivity index (χ0n) is 29.3. The number of hydrogen-bond donors (Lipinski definition) is 0. The van der Waals surface area contributed by atoms with Crippen LogP contribution in [-0.4, -0.2) is 0 Å². The molecule has 0 aliphatic heterocycles. The van der Waals surface area contributed by atoms with Crippen LogP contribution >= 0.6 is 0 Å². The summed E-state index contributed by atoms with van der Waals surface area (Å²) in [5.41, 5.74) is 18.3. The molecule has 0 nitrogen and oxygen atoms in total. The number of benzene rings is 7. The van der Waals surface area contributed by atoms with Crippen LogP contribution < -0.4 is 0 Å². The maximum Gasteiger partial charge on any atom is 0.0467 e. The largest absolute Gasteiger partial charge is 0.0654 e. The van der Waals surface area contributed by atoms with Gasteiger partial charge in [0.05, 0.1) is 0 Å². The van der Waals surface area contributed by atoms with E-state index in [9.17, 15) is 0 Å². The molecule has 9 rings (SSSR count). The zero-order valence-corrected chi connectivity index (χ0v) is 29.3. The summed E-state index contributed by atoms with van der Waals surface area (Å²) < 4.78 is 0. The molecule has 0 amide bonds. The summed E-state index contributed by atoms with van der Waals surface area (Å²) in [6, 6.07) is 57.5. The first-order valence-electron chi connectivity index (χ1n) is 18.8. The summed E-state index contributed by atoms with van der Waals surface area (Å²) >= 11 is 0. The van der Waals surface area contributed by atoms with E-state index in [2.05, 4.69) is 166 Å². The lowest BCUT2D eigenvalue weighted by Gasteiger charge is -2.36. The van der Waals surface area contributed by atoms with Crippen molar-refractivity contribution >= 4 is 10.8 Å². The zero-order chi connectivity index (χ0) is 33.7. The summed E-state index contributed by atoms with van der Waals surface area (Å²) in [5, 5.41) is 2.78. The summed E-state index contributed by atoms with van der Waals surface area (Å²) in [6.07, 6.45) is 6.96. The Morgan fingerprint density at radius 2 is 1.06 bits per heavy atom. The van der Waals surface area contributed by atoms with E-state index in [0.717, 1.165) is 25.7 Å². The summed E-state index contributed by atoms with van der Waals surface area (Å²) in [5.74, 6) is 0.342. The SMILES string of the molecule is CCCC[C@@H]1c2cc(-c3ccccc3)ccc2-c2c1c1c(c3ccccc23)-c2ccc(-c3ccccc3)cc2[C@@]1(CCCC)c1ccccc1. The molecular formula is C50H44. The van der Waals surface area contributed by atoms with Crippen molar-refractivity contribution in [3.63, 3.8) is 0 Å². The van der Waals surface area contributed by atoms with Crippen LogP contribution in [0.2, 0.25) is 0 Å². The van der Waals surface area contributed by atoms with Crippen LogP contribution in [0, 0.1) is 0 Å². The Hall–Kier alpha value is -5.20. The third-order valence-electron chi connectivity index (χ3n) is 11.7. The van der Waals surface area contributed by atoms with E-state index >= 15 is 0 Å². The van der Waals surface area contributed by atoms with Gasteiger partial charge in [-0.15, -0.1) is 0 Å². The van der Waals surface area contributed by atoms with Gasteiger partial charge in [-0.1, -0.05) is 179 Å². The lowest BCUT2D eigenvalue weighted by molar-refractivity contribution is 0.530. The van der Waals surface area contributed by atoms with Gasteiger partial charge < -0.3 is 0 Å². The lowest BCUT2D eigenvalue weighted by atomic mass is 9.66. The van der Waals surface area contributed by atoms with Crippen molar-refractivity contribution in [2.75, 3.05) is 0 Å². The molecule has 2 aliphatic carbocycles. The van der Waals surface area contributed by atoms with E-state index < -0.39 is 0 Å². The van der Waals surface area contributed by atoms with Crippen LogP contribution in [0.15, 0.2) is 152 Å². The van der Waals surface area contributed by atoms with Crippen LogP contribution in [0.3, 0.4) is 0 Å². The minimum Gasteiger partial charge on any atom is -0.0654 e. The van der Waals surface area contributed by atoms with Crippen molar-refractivity contribution in [3.05, 3.63) is 179 Å². The van der Waals surface area contributed by atoms with E-state index in [-0.39, 0.29) is 5.41 Å². The molecule has 0 saturated heterocycles. The topological polar surface area (TPSA) is 0 Å². The Morgan fingerprint density at radius 3 is 1.70 bits per heavy atom. The number of rotatable bonds is 9. The van der Waals surface area contributed by atoms with Gasteiger partial charge in [-0.2, -0.15) is 0 Å². The van der Waals surface area contributed by atoms with Gasteiger partial charge in [0, 0.05) is 11.3 Å². The average Bonchev–Trinajstić information content (AvgIpc) is 3.67. The van der Waals surface area contributed by atoms with Gasteiger partial charge in [0.25, 0.3) is 0 Å². The van der Waals surface area contributed by atoms with Crippen LogP contribution in [0.25, 0.3) is 55.3 Å². The van der Waals surface area contributed by atoms with Crippen LogP contribution in [0.4, 0.5) is 0 Å². The van der Waals surface area contributed by atoms with Crippen molar-refractivity contribution in [2.45, 2.75) is 63.7 Å². The Balaban J connectivity index is 1.42. The maximum atomic E-state index is 2.56. The van der Waals surface area contributed by atoms with Crippen molar-refractivity contribution < 1.29 is 0 Å². The molecule has 0 fully saturated rings. The first-order chi connectivity index (χ1) is 24.7. The molecule has 0 aromatic heterocycles. The number of fused-ring (bicyclic) bond motifs is 10. The molecule has 7 aromatic carbocycles. The fourth-order valence-electron chi connectivity index (χ4n) is 9.50. The van der Waals surface area contributed by atoms with Crippen molar-refractivity contribution in [3.8, 4) is 44.5 Å². The van der Waals surface area contributed by atoms with E-state index in [1.165, 1.54) is 84.8 Å². The lowest BCUT2D eigenvalue weighted by Crippen LogP contribution is -2.29. The highest BCUT2D eigenvalue weighted by Crippen LogP contribution is 2.64. The molecule has 0 N–H and O–H groups in total. The predicted molar refractivity (Wildman–Crippen MR) is 213 cm³/mol. The molecule has 0 spiro atoms. The van der Waals surface area contributed by atoms with Gasteiger partial charge in [0.2, 0.25) is 0 Å². The Morgan fingerprint density at radius 1 is 0.500 bits per heavy atom. The van der Waals surface area contributed by atoms with E-state index in [1.807, 2.05) is 0 Å². The van der Waals surface area contributed by atoms with Gasteiger partial charge >= 0.3 is 0 Å². The van der Waals surface area contributed by atoms with Gasteiger partial charge in [-0.25, -0.2) is 0 Å². The molecule has 244 valence electrons. The monoisotopic (exact) mass is 644 g/mol. The first-order valence-corrected chi connectivity index (χ1v) is 18.8. The highest BCUT2D eigenvalue weighted by molar-refractivity contribution is 6.13. The molecular weight excluding hydrogens is 601 g/mol. The normalized spacial score (nSPS) is 17.0. The molecule has 50 heavy (non-hydrogen) atoms. The van der Waals surface area contributed by atoms with Crippen molar-refractivity contribution in [2.24, 2.45) is 0 Å². The minimum absolute atomic E-state index is 0.254. The molecule has 0 bridgehead atoms. The summed E-state index contributed by atoms with van der Waals surface area (Å²) in [4.78, 5) is 0. The van der Waals surface area contributed by atoms with E-state index in [1.54, 1.807) is 11.1 Å². The molecule has 0 radical (unpaired) electrons. The molecule has 0 saturated carbocycles. The van der Waals surface area contributed by atoms with E-state index in [0.29, 0.717) is 5.92 Å². The molecule has 7 aromatic rings. The number of unbranched alkanes of at least 4 members (excludes halogenated alkanes) is 2. The molecule has 0 unspecified atom stereocenters. The predicted octanol–water partition coefficient (Wildman–Crippen LogP) is 14.0. The minimum atomic E-state index is -0.254. The second-order valence-electron chi connectivity index (χ2n) is 14.4. The average molecular weight is 645 g/mol. The van der Waals surface area contributed by atoms with Gasteiger partial charge in [0.15, 0.2) is 0 Å². The Labute approximate surface area is 297 Å². The van der Waals surface area contributed by atoms with Gasteiger partial charge in [0.1, 0.15) is 0 Å². The number of hydrogen-bond acceptors (Lipinski definition) is 0. The van der Waals surface area contributed by atoms with Crippen LogP contribution in [0.1, 0.15) is 86.1 Å². The quantitative estimate of drug-likeness (QED) is 0.147. The first kappa shape index (κ1) is 30.8. The van der Waals surface area contributed by atoms with Crippen molar-refractivity contribution in [1.82, 2.24) is 0 Å². The fraction of sp³-hybridized carbons (Fsp3) is 0.200. The smallest absolute Gasteiger partial charge is 0.0467 e. The third-order valence-corrected chi connectivity index (χ3v) is 11.7. The Kier molecular flexibility index (Phi) is 7.77. The summed E-state index contributed by atoms with van der Waals surface area (Å²) in [6.45, 7) is 4.70. The van der Waals surface area contributed by atoms with Crippen LogP contribution in [-0.2, 0) is 5.41 Å². The molecule has 0 heteroatoms. The third kappa shape index (κ3) is 4.65. The van der Waals surface area contributed by atoms with Crippen LogP contribution in [0.5, 0.6) is 0 Å². The molecule has 2 atom stereocenters. The standard InChI is InChI=1S/C50H44/c1-3-5-24-41-44-32-36(34-18-10-7-11-19-34)27-29-42(44)46-39-25-16-17-26-40(39)47-43-30-28-37(35-20-12-8-13-21-35)33-45(43)50(31-6-4-2,49(47)48(41)46)38-22-14-9-15-23-38/h7-23,25-30,32-33,41H,3-6,24,31H2,1-2H3/t41-,50-/m1/s1. The second kappa shape index (κ2) is 12.6. The maximum absolute atomic E-state index is 2.56. The summed E-state index contributed by atoms with van der Waals surface area (Å²) in [7, 11) is 0. The highest BCUT2D eigenvalue weighted by Gasteiger charge is 2.49. The fourth-order valence-corrected chi connectivity index (χ4v) is 9.50. The second-order valence-corrected chi connectivity index (χ2v) is 14.4. The Bertz CT molecular complexity index is 2330. The van der Waals surface area contributed by atoms with Crippen molar-refractivity contribution in [1.29, 1.82) is 0 Å².